The molecule has 176 valence electrons. The third kappa shape index (κ3) is 4.68. The van der Waals surface area contributed by atoms with Gasteiger partial charge in [0.1, 0.15) is 5.52 Å². The van der Waals surface area contributed by atoms with Crippen LogP contribution in [0.2, 0.25) is 0 Å². The van der Waals surface area contributed by atoms with E-state index in [4.69, 9.17) is 14.5 Å². The number of imidazole rings is 1. The van der Waals surface area contributed by atoms with Crippen LogP contribution in [0.25, 0.3) is 22.6 Å². The van der Waals surface area contributed by atoms with Crippen LogP contribution in [0.1, 0.15) is 10.6 Å². The van der Waals surface area contributed by atoms with Gasteiger partial charge in [0.2, 0.25) is 0 Å². The number of aromatic nitrogens is 6. The molecule has 0 saturated carbocycles. The van der Waals surface area contributed by atoms with Crippen molar-refractivity contribution in [2.24, 2.45) is 7.05 Å². The summed E-state index contributed by atoms with van der Waals surface area (Å²) in [7, 11) is 3.65. The van der Waals surface area contributed by atoms with Crippen LogP contribution in [0.15, 0.2) is 12.4 Å². The molecule has 0 unspecified atom stereocenters. The van der Waals surface area contributed by atoms with E-state index >= 15 is 0 Å². The fraction of sp³-hybridized carbons (Fsp3) is 0.571. The largest absolute Gasteiger partial charge is 0.379 e. The topological polar surface area (TPSA) is 118 Å². The van der Waals surface area contributed by atoms with Crippen molar-refractivity contribution in [3.8, 4) is 11.4 Å². The van der Waals surface area contributed by atoms with Crippen LogP contribution in [0.4, 0.5) is 5.82 Å². The van der Waals surface area contributed by atoms with Gasteiger partial charge in [-0.15, -0.1) is 0 Å². The second kappa shape index (κ2) is 9.41. The van der Waals surface area contributed by atoms with Gasteiger partial charge in [-0.1, -0.05) is 0 Å². The quantitative estimate of drug-likeness (QED) is 0.548. The van der Waals surface area contributed by atoms with Gasteiger partial charge in [0.25, 0.3) is 5.91 Å². The molecule has 12 heteroatoms. The molecule has 2 saturated heterocycles. The number of ether oxygens (including phenoxy) is 2. The lowest BCUT2D eigenvalue weighted by Crippen LogP contribution is -2.42. The number of amides is 1. The molecule has 1 N–H and O–H groups in total. The summed E-state index contributed by atoms with van der Waals surface area (Å²) in [5.74, 6) is 1.35. The lowest BCUT2D eigenvalue weighted by Gasteiger charge is -2.28. The molecule has 0 aliphatic carbocycles. The number of rotatable bonds is 6. The smallest absolute Gasteiger partial charge is 0.289 e. The van der Waals surface area contributed by atoms with E-state index in [0.717, 1.165) is 44.2 Å². The van der Waals surface area contributed by atoms with Gasteiger partial charge in [0.05, 0.1) is 38.2 Å². The number of nitrogens with zero attached hydrogens (tertiary/aromatic N) is 8. The first-order chi connectivity index (χ1) is 16.1. The Hall–Kier alpha value is -3.09. The first-order valence-electron chi connectivity index (χ1n) is 11.2. The SMILES string of the molecule is CN(CCN1CCOCC1)C(=O)c1nc2nc(-c3cnn(C)c3)nc(N3CCOCC3)c2[nH]1. The summed E-state index contributed by atoms with van der Waals surface area (Å²) < 4.78 is 12.6. The van der Waals surface area contributed by atoms with Gasteiger partial charge in [-0.25, -0.2) is 15.0 Å². The lowest BCUT2D eigenvalue weighted by atomic mass is 10.3. The highest BCUT2D eigenvalue weighted by atomic mass is 16.5. The molecule has 0 radical (unpaired) electrons. The maximum absolute atomic E-state index is 13.1. The average molecular weight is 456 g/mol. The number of fused-ring (bicyclic) bond motifs is 1. The molecule has 3 aromatic heterocycles. The summed E-state index contributed by atoms with van der Waals surface area (Å²) in [5, 5.41) is 4.23. The zero-order chi connectivity index (χ0) is 22.8. The molecule has 3 aromatic rings. The number of aromatic amines is 1. The molecule has 0 atom stereocenters. The third-order valence-corrected chi connectivity index (χ3v) is 6.01. The number of likely N-dealkylation sites (N-methyl/N-ethyl adjacent to an activating group) is 1. The Bertz CT molecular complexity index is 1120. The molecular formula is C21H29N9O3. The fourth-order valence-electron chi connectivity index (χ4n) is 4.05. The van der Waals surface area contributed by atoms with Crippen LogP contribution in [0.3, 0.4) is 0 Å². The predicted molar refractivity (Wildman–Crippen MR) is 121 cm³/mol. The normalized spacial score (nSPS) is 17.6. The number of hydrogen-bond donors (Lipinski definition) is 1. The van der Waals surface area contributed by atoms with Crippen molar-refractivity contribution in [2.75, 3.05) is 77.6 Å². The van der Waals surface area contributed by atoms with E-state index in [1.165, 1.54) is 0 Å². The van der Waals surface area contributed by atoms with Crippen molar-refractivity contribution in [3.05, 3.63) is 18.2 Å². The van der Waals surface area contributed by atoms with Crippen molar-refractivity contribution in [3.63, 3.8) is 0 Å². The molecule has 33 heavy (non-hydrogen) atoms. The Morgan fingerprint density at radius 3 is 2.52 bits per heavy atom. The lowest BCUT2D eigenvalue weighted by molar-refractivity contribution is 0.0337. The number of anilines is 1. The minimum absolute atomic E-state index is 0.169. The predicted octanol–water partition coefficient (Wildman–Crippen LogP) is -0.00580. The van der Waals surface area contributed by atoms with Crippen molar-refractivity contribution < 1.29 is 14.3 Å². The van der Waals surface area contributed by atoms with Gasteiger partial charge in [-0.2, -0.15) is 5.10 Å². The first-order valence-corrected chi connectivity index (χ1v) is 11.2. The van der Waals surface area contributed by atoms with E-state index in [2.05, 4.69) is 29.9 Å². The van der Waals surface area contributed by atoms with E-state index in [-0.39, 0.29) is 11.7 Å². The van der Waals surface area contributed by atoms with Crippen LogP contribution in [-0.4, -0.2) is 118 Å². The standard InChI is InChI=1S/C21H29N9O3/c1-27(3-4-29-5-9-32-10-6-29)21(31)19-23-16-18(25-19)24-17(15-13-22-28(2)14-15)26-20(16)30-7-11-33-12-8-30/h13-14H,3-12H2,1-2H3,(H,23,24,25,26). The number of carbonyl (C=O) groups is 1. The summed E-state index contributed by atoms with van der Waals surface area (Å²) in [6, 6.07) is 0. The van der Waals surface area contributed by atoms with Gasteiger partial charge in [0.15, 0.2) is 23.1 Å². The maximum Gasteiger partial charge on any atom is 0.289 e. The highest BCUT2D eigenvalue weighted by Gasteiger charge is 2.24. The summed E-state index contributed by atoms with van der Waals surface area (Å²) in [4.78, 5) is 36.5. The van der Waals surface area contributed by atoms with Crippen molar-refractivity contribution in [2.45, 2.75) is 0 Å². The maximum atomic E-state index is 13.1. The number of hydrogen-bond acceptors (Lipinski definition) is 9. The van der Waals surface area contributed by atoms with E-state index in [1.807, 2.05) is 13.2 Å². The van der Waals surface area contributed by atoms with Crippen LogP contribution >= 0.6 is 0 Å². The number of carbonyl (C=O) groups excluding carboxylic acids is 1. The van der Waals surface area contributed by atoms with Gasteiger partial charge < -0.3 is 24.3 Å². The highest BCUT2D eigenvalue weighted by molar-refractivity contribution is 5.96. The van der Waals surface area contributed by atoms with Gasteiger partial charge >= 0.3 is 0 Å². The van der Waals surface area contributed by atoms with Crippen LogP contribution in [0.5, 0.6) is 0 Å². The second-order valence-electron chi connectivity index (χ2n) is 8.34. The Morgan fingerprint density at radius 2 is 1.82 bits per heavy atom. The molecule has 12 nitrogen and oxygen atoms in total. The molecule has 0 bridgehead atoms. The Labute approximate surface area is 191 Å². The van der Waals surface area contributed by atoms with Crippen molar-refractivity contribution >= 4 is 22.9 Å². The summed E-state index contributed by atoms with van der Waals surface area (Å²) in [6.45, 7) is 7.34. The summed E-state index contributed by atoms with van der Waals surface area (Å²) >= 11 is 0. The average Bonchev–Trinajstić information content (AvgIpc) is 3.49. The molecule has 0 spiro atoms. The molecule has 0 aromatic carbocycles. The highest BCUT2D eigenvalue weighted by Crippen LogP contribution is 2.27. The zero-order valence-electron chi connectivity index (χ0n) is 19.0. The summed E-state index contributed by atoms with van der Waals surface area (Å²) in [5.41, 5.74) is 1.93. The van der Waals surface area contributed by atoms with Crippen molar-refractivity contribution in [1.29, 1.82) is 0 Å². The third-order valence-electron chi connectivity index (χ3n) is 6.01. The van der Waals surface area contributed by atoms with Crippen LogP contribution < -0.4 is 4.90 Å². The Kier molecular flexibility index (Phi) is 6.20. The van der Waals surface area contributed by atoms with E-state index < -0.39 is 0 Å². The van der Waals surface area contributed by atoms with E-state index in [0.29, 0.717) is 49.8 Å². The molecule has 2 fully saturated rings. The molecular weight excluding hydrogens is 426 g/mol. The first kappa shape index (κ1) is 21.7. The van der Waals surface area contributed by atoms with Gasteiger partial charge in [0, 0.05) is 59.6 Å². The number of aryl methyl sites for hydroxylation is 1. The fourth-order valence-corrected chi connectivity index (χ4v) is 4.05. The second-order valence-corrected chi connectivity index (χ2v) is 8.34. The summed E-state index contributed by atoms with van der Waals surface area (Å²) in [6.07, 6.45) is 3.59. The molecule has 2 aliphatic heterocycles. The van der Waals surface area contributed by atoms with Gasteiger partial charge in [-0.3, -0.25) is 14.4 Å². The zero-order valence-corrected chi connectivity index (χ0v) is 19.0. The minimum atomic E-state index is -0.169. The molecule has 2 aliphatic rings. The van der Waals surface area contributed by atoms with Gasteiger partial charge in [-0.05, 0) is 0 Å². The minimum Gasteiger partial charge on any atom is -0.379 e. The Balaban J connectivity index is 1.43. The van der Waals surface area contributed by atoms with E-state index in [1.54, 1.807) is 22.8 Å². The number of H-pyrrole nitrogens is 1. The molecule has 5 rings (SSSR count). The van der Waals surface area contributed by atoms with Crippen LogP contribution in [0, 0.1) is 0 Å². The van der Waals surface area contributed by atoms with Crippen molar-refractivity contribution in [1.82, 2.24) is 39.5 Å². The van der Waals surface area contributed by atoms with E-state index in [9.17, 15) is 4.79 Å². The molecule has 1 amide bonds. The van der Waals surface area contributed by atoms with Crippen LogP contribution in [-0.2, 0) is 16.5 Å². The monoisotopic (exact) mass is 455 g/mol. The number of morpholine rings is 2. The Morgan fingerprint density at radius 1 is 1.09 bits per heavy atom. The number of nitrogens with one attached hydrogen (secondary N) is 1. The molecule has 5 heterocycles.